The van der Waals surface area contributed by atoms with Crippen molar-refractivity contribution in [3.05, 3.63) is 48.3 Å². The highest BCUT2D eigenvalue weighted by Crippen LogP contribution is 2.16. The lowest BCUT2D eigenvalue weighted by molar-refractivity contribution is 0.595. The Hall–Kier alpha value is -2.14. The molecule has 0 atom stereocenters. The lowest BCUT2D eigenvalue weighted by atomic mass is 10.3. The van der Waals surface area contributed by atoms with Crippen molar-refractivity contribution in [1.82, 2.24) is 24.8 Å². The molecule has 0 radical (unpaired) electrons. The molecule has 3 aromatic rings. The molecule has 0 saturated carbocycles. The van der Waals surface area contributed by atoms with Crippen LogP contribution < -0.4 is 5.32 Å². The number of nitrogens with zero attached hydrogens (tertiary/aromatic N) is 3. The van der Waals surface area contributed by atoms with Crippen LogP contribution in [0.2, 0.25) is 0 Å². The summed E-state index contributed by atoms with van der Waals surface area (Å²) >= 11 is 0. The largest absolute Gasteiger partial charge is 0.347 e. The second kappa shape index (κ2) is 5.88. The molecule has 0 spiro atoms. The van der Waals surface area contributed by atoms with Crippen LogP contribution in [-0.2, 0) is 19.6 Å². The van der Waals surface area contributed by atoms with E-state index >= 15 is 0 Å². The fraction of sp³-hybridized carbons (Fsp3) is 0.333. The predicted octanol–water partition coefficient (Wildman–Crippen LogP) is 2.46. The number of aryl methyl sites for hydroxylation is 1. The van der Waals surface area contributed by atoms with Crippen molar-refractivity contribution in [2.75, 3.05) is 0 Å². The van der Waals surface area contributed by atoms with Gasteiger partial charge < -0.3 is 14.9 Å². The van der Waals surface area contributed by atoms with Gasteiger partial charge in [0, 0.05) is 25.0 Å². The first kappa shape index (κ1) is 12.9. The van der Waals surface area contributed by atoms with E-state index in [1.165, 1.54) is 5.52 Å². The molecule has 0 fully saturated rings. The first-order valence-electron chi connectivity index (χ1n) is 7.00. The fourth-order valence-electron chi connectivity index (χ4n) is 2.42. The highest BCUT2D eigenvalue weighted by atomic mass is 15.1. The quantitative estimate of drug-likeness (QED) is 0.722. The summed E-state index contributed by atoms with van der Waals surface area (Å²) in [6.45, 7) is 4.72. The molecule has 0 aliphatic carbocycles. The first-order chi connectivity index (χ1) is 9.88. The lowest BCUT2D eigenvalue weighted by Gasteiger charge is -2.08. The summed E-state index contributed by atoms with van der Waals surface area (Å²) in [5.74, 6) is 1.09. The number of hydrogen-bond acceptors (Lipinski definition) is 3. The van der Waals surface area contributed by atoms with Gasteiger partial charge in [0.2, 0.25) is 0 Å². The zero-order chi connectivity index (χ0) is 13.8. The van der Waals surface area contributed by atoms with Crippen LogP contribution >= 0.6 is 0 Å². The van der Waals surface area contributed by atoms with Gasteiger partial charge in [-0.1, -0.05) is 19.1 Å². The average Bonchev–Trinajstić information content (AvgIpc) is 3.08. The maximum absolute atomic E-state index is 4.72. The van der Waals surface area contributed by atoms with Crippen molar-refractivity contribution < 1.29 is 0 Å². The number of hydrogen-bond donors (Lipinski definition) is 2. The first-order valence-corrected chi connectivity index (χ1v) is 7.00. The second-order valence-corrected chi connectivity index (χ2v) is 4.85. The minimum absolute atomic E-state index is 0.758. The van der Waals surface area contributed by atoms with Gasteiger partial charge in [0.1, 0.15) is 5.82 Å². The molecule has 1 aromatic carbocycles. The Bertz CT molecular complexity index is 669. The highest BCUT2D eigenvalue weighted by Gasteiger charge is 2.09. The van der Waals surface area contributed by atoms with Crippen molar-refractivity contribution in [3.63, 3.8) is 0 Å². The molecular weight excluding hydrogens is 250 g/mol. The Morgan fingerprint density at radius 3 is 2.95 bits per heavy atom. The smallest absolute Gasteiger partial charge is 0.123 e. The molecule has 2 heterocycles. The molecule has 2 N–H and O–H groups in total. The van der Waals surface area contributed by atoms with Crippen molar-refractivity contribution >= 4 is 11.0 Å². The summed E-state index contributed by atoms with van der Waals surface area (Å²) in [4.78, 5) is 11.8. The molecule has 0 aliphatic heterocycles. The summed E-state index contributed by atoms with van der Waals surface area (Å²) in [6.07, 6.45) is 4.64. The lowest BCUT2D eigenvalue weighted by Crippen LogP contribution is -2.17. The standard InChI is InChI=1S/C15H19N5/c1-2-7-20-14-6-4-3-5-13(14)19-15(20)10-16-8-12-9-17-11-18-12/h3-6,9,11,16H,2,7-8,10H2,1H3,(H,17,18). The van der Waals surface area contributed by atoms with Crippen LogP contribution in [0.5, 0.6) is 0 Å². The molecule has 0 unspecified atom stereocenters. The van der Waals surface area contributed by atoms with E-state index in [2.05, 4.69) is 45.0 Å². The summed E-state index contributed by atoms with van der Waals surface area (Å²) in [5, 5.41) is 3.41. The van der Waals surface area contributed by atoms with Gasteiger partial charge in [-0.3, -0.25) is 0 Å². The van der Waals surface area contributed by atoms with Crippen LogP contribution in [0.15, 0.2) is 36.8 Å². The molecule has 0 bridgehead atoms. The molecular formula is C15H19N5. The molecule has 5 nitrogen and oxygen atoms in total. The Balaban J connectivity index is 1.77. The number of aromatic nitrogens is 4. The third-order valence-electron chi connectivity index (χ3n) is 3.33. The SMILES string of the molecule is CCCn1c(CNCc2cnc[nH]2)nc2ccccc21. The number of rotatable bonds is 6. The van der Waals surface area contributed by atoms with Crippen LogP contribution in [0, 0.1) is 0 Å². The maximum Gasteiger partial charge on any atom is 0.123 e. The number of benzene rings is 1. The van der Waals surface area contributed by atoms with Gasteiger partial charge in [-0.25, -0.2) is 9.97 Å². The zero-order valence-corrected chi connectivity index (χ0v) is 11.6. The van der Waals surface area contributed by atoms with Crippen LogP contribution in [0.25, 0.3) is 11.0 Å². The zero-order valence-electron chi connectivity index (χ0n) is 11.6. The van der Waals surface area contributed by atoms with Crippen molar-refractivity contribution in [3.8, 4) is 0 Å². The van der Waals surface area contributed by atoms with Crippen LogP contribution in [0.4, 0.5) is 0 Å². The summed E-state index contributed by atoms with van der Waals surface area (Å²) < 4.78 is 2.30. The number of nitrogens with one attached hydrogen (secondary N) is 2. The average molecular weight is 269 g/mol. The number of para-hydroxylation sites is 2. The molecule has 20 heavy (non-hydrogen) atoms. The third-order valence-corrected chi connectivity index (χ3v) is 3.33. The van der Waals surface area contributed by atoms with Crippen molar-refractivity contribution in [2.24, 2.45) is 0 Å². The number of fused-ring (bicyclic) bond motifs is 1. The van der Waals surface area contributed by atoms with E-state index in [9.17, 15) is 0 Å². The second-order valence-electron chi connectivity index (χ2n) is 4.85. The van der Waals surface area contributed by atoms with E-state index < -0.39 is 0 Å². The van der Waals surface area contributed by atoms with Gasteiger partial charge in [0.25, 0.3) is 0 Å². The summed E-state index contributed by atoms with van der Waals surface area (Å²) in [5.41, 5.74) is 3.37. The van der Waals surface area contributed by atoms with E-state index in [0.29, 0.717) is 0 Å². The van der Waals surface area contributed by atoms with Crippen molar-refractivity contribution in [1.29, 1.82) is 0 Å². The van der Waals surface area contributed by atoms with E-state index in [1.54, 1.807) is 6.33 Å². The normalized spacial score (nSPS) is 11.2. The van der Waals surface area contributed by atoms with Gasteiger partial charge in [-0.05, 0) is 18.6 Å². The van der Waals surface area contributed by atoms with Crippen LogP contribution in [0.1, 0.15) is 24.9 Å². The van der Waals surface area contributed by atoms with Gasteiger partial charge in [0.05, 0.1) is 23.9 Å². The molecule has 0 saturated heterocycles. The molecule has 2 aromatic heterocycles. The highest BCUT2D eigenvalue weighted by molar-refractivity contribution is 5.75. The van der Waals surface area contributed by atoms with Gasteiger partial charge in [-0.2, -0.15) is 0 Å². The Labute approximate surface area is 118 Å². The van der Waals surface area contributed by atoms with Crippen molar-refractivity contribution in [2.45, 2.75) is 33.0 Å². The topological polar surface area (TPSA) is 58.5 Å². The molecule has 3 rings (SSSR count). The molecule has 104 valence electrons. The minimum atomic E-state index is 0.758. The van der Waals surface area contributed by atoms with Crippen LogP contribution in [0.3, 0.4) is 0 Å². The molecule has 5 heteroatoms. The third kappa shape index (κ3) is 2.58. The number of imidazole rings is 2. The summed E-state index contributed by atoms with van der Waals surface area (Å²) in [6, 6.07) is 8.31. The Morgan fingerprint density at radius 1 is 1.25 bits per heavy atom. The minimum Gasteiger partial charge on any atom is -0.347 e. The van der Waals surface area contributed by atoms with E-state index in [1.807, 2.05) is 12.3 Å². The molecule has 0 aliphatic rings. The van der Waals surface area contributed by atoms with Crippen LogP contribution in [-0.4, -0.2) is 19.5 Å². The monoisotopic (exact) mass is 269 g/mol. The van der Waals surface area contributed by atoms with E-state index in [0.717, 1.165) is 43.1 Å². The van der Waals surface area contributed by atoms with E-state index in [-0.39, 0.29) is 0 Å². The van der Waals surface area contributed by atoms with Gasteiger partial charge in [-0.15, -0.1) is 0 Å². The predicted molar refractivity (Wildman–Crippen MR) is 79.2 cm³/mol. The summed E-state index contributed by atoms with van der Waals surface area (Å²) in [7, 11) is 0. The van der Waals surface area contributed by atoms with Gasteiger partial charge in [0.15, 0.2) is 0 Å². The number of H-pyrrole nitrogens is 1. The fourth-order valence-corrected chi connectivity index (χ4v) is 2.42. The Kier molecular flexibility index (Phi) is 3.78. The van der Waals surface area contributed by atoms with Gasteiger partial charge >= 0.3 is 0 Å². The van der Waals surface area contributed by atoms with E-state index in [4.69, 9.17) is 4.98 Å². The maximum atomic E-state index is 4.72. The number of aromatic amines is 1. The molecule has 0 amide bonds. The Morgan fingerprint density at radius 2 is 2.15 bits per heavy atom.